The Morgan fingerprint density at radius 3 is 2.53 bits per heavy atom. The van der Waals surface area contributed by atoms with Crippen LogP contribution < -0.4 is 0 Å². The van der Waals surface area contributed by atoms with Crippen LogP contribution in [-0.2, 0) is 4.79 Å². The molecular formula is C16H28O. The maximum Gasteiger partial charge on any atom is 0.120 e. The van der Waals surface area contributed by atoms with Gasteiger partial charge >= 0.3 is 0 Å². The molecule has 17 heavy (non-hydrogen) atoms. The van der Waals surface area contributed by atoms with Crippen LogP contribution in [-0.4, -0.2) is 6.29 Å². The van der Waals surface area contributed by atoms with Crippen LogP contribution in [0.2, 0.25) is 0 Å². The second kappa shape index (κ2) is 7.68. The molecular weight excluding hydrogens is 208 g/mol. The van der Waals surface area contributed by atoms with Gasteiger partial charge < -0.3 is 4.79 Å². The summed E-state index contributed by atoms with van der Waals surface area (Å²) in [5, 5.41) is 0. The summed E-state index contributed by atoms with van der Waals surface area (Å²) < 4.78 is 0. The van der Waals surface area contributed by atoms with E-state index in [1.165, 1.54) is 50.5 Å². The summed E-state index contributed by atoms with van der Waals surface area (Å²) in [4.78, 5) is 10.6. The lowest BCUT2D eigenvalue weighted by atomic mass is 9.73. The largest absolute Gasteiger partial charge is 0.303 e. The van der Waals surface area contributed by atoms with Gasteiger partial charge in [-0.05, 0) is 30.6 Å². The van der Waals surface area contributed by atoms with E-state index in [-0.39, 0.29) is 0 Å². The third kappa shape index (κ3) is 4.29. The Hall–Kier alpha value is -0.590. The SMILES string of the molecule is C=C(C(C)CC=O)[C@@H]1CCCCCC[C@@H]1CC. The normalized spacial score (nSPS) is 27.9. The van der Waals surface area contributed by atoms with Crippen molar-refractivity contribution in [3.8, 4) is 0 Å². The van der Waals surface area contributed by atoms with Crippen molar-refractivity contribution < 1.29 is 4.79 Å². The van der Waals surface area contributed by atoms with Crippen LogP contribution in [0.3, 0.4) is 0 Å². The van der Waals surface area contributed by atoms with Crippen molar-refractivity contribution in [1.82, 2.24) is 0 Å². The van der Waals surface area contributed by atoms with Crippen LogP contribution >= 0.6 is 0 Å². The van der Waals surface area contributed by atoms with E-state index in [0.717, 1.165) is 12.2 Å². The molecule has 1 saturated carbocycles. The van der Waals surface area contributed by atoms with Gasteiger partial charge in [0.1, 0.15) is 6.29 Å². The van der Waals surface area contributed by atoms with Gasteiger partial charge in [-0.2, -0.15) is 0 Å². The smallest absolute Gasteiger partial charge is 0.120 e. The predicted octanol–water partition coefficient (Wildman–Crippen LogP) is 4.76. The first-order valence-electron chi connectivity index (χ1n) is 7.33. The van der Waals surface area contributed by atoms with Gasteiger partial charge in [-0.25, -0.2) is 0 Å². The van der Waals surface area contributed by atoms with Gasteiger partial charge in [-0.15, -0.1) is 0 Å². The molecule has 1 fully saturated rings. The van der Waals surface area contributed by atoms with Crippen LogP contribution in [0.1, 0.15) is 65.2 Å². The fourth-order valence-electron chi connectivity index (χ4n) is 3.20. The Labute approximate surface area is 107 Å². The van der Waals surface area contributed by atoms with E-state index in [0.29, 0.717) is 18.3 Å². The quantitative estimate of drug-likeness (QED) is 0.496. The van der Waals surface area contributed by atoms with Crippen molar-refractivity contribution in [1.29, 1.82) is 0 Å². The van der Waals surface area contributed by atoms with Gasteiger partial charge in [-0.3, -0.25) is 0 Å². The molecule has 0 aromatic heterocycles. The minimum Gasteiger partial charge on any atom is -0.303 e. The molecule has 98 valence electrons. The van der Waals surface area contributed by atoms with Crippen molar-refractivity contribution in [3.05, 3.63) is 12.2 Å². The van der Waals surface area contributed by atoms with E-state index in [2.05, 4.69) is 20.4 Å². The fraction of sp³-hybridized carbons (Fsp3) is 0.812. The number of hydrogen-bond acceptors (Lipinski definition) is 1. The first-order chi connectivity index (χ1) is 8.20. The van der Waals surface area contributed by atoms with Crippen molar-refractivity contribution >= 4 is 6.29 Å². The molecule has 1 nitrogen and oxygen atoms in total. The van der Waals surface area contributed by atoms with E-state index in [4.69, 9.17) is 0 Å². The maximum atomic E-state index is 10.6. The molecule has 1 unspecified atom stereocenters. The minimum atomic E-state index is 0.367. The highest BCUT2D eigenvalue weighted by Gasteiger charge is 2.25. The number of carbonyl (C=O) groups excluding carboxylic acids is 1. The van der Waals surface area contributed by atoms with E-state index in [1.54, 1.807) is 0 Å². The lowest BCUT2D eigenvalue weighted by molar-refractivity contribution is -0.108. The minimum absolute atomic E-state index is 0.367. The summed E-state index contributed by atoms with van der Waals surface area (Å²) in [7, 11) is 0. The second-order valence-corrected chi connectivity index (χ2v) is 5.64. The highest BCUT2D eigenvalue weighted by molar-refractivity contribution is 5.50. The second-order valence-electron chi connectivity index (χ2n) is 5.64. The zero-order valence-electron chi connectivity index (χ0n) is 11.6. The summed E-state index contributed by atoms with van der Waals surface area (Å²) >= 11 is 0. The lowest BCUT2D eigenvalue weighted by Crippen LogP contribution is -2.21. The van der Waals surface area contributed by atoms with Gasteiger partial charge in [0, 0.05) is 6.42 Å². The summed E-state index contributed by atoms with van der Waals surface area (Å²) in [5.74, 6) is 1.83. The van der Waals surface area contributed by atoms with E-state index >= 15 is 0 Å². The zero-order valence-corrected chi connectivity index (χ0v) is 11.6. The maximum absolute atomic E-state index is 10.6. The van der Waals surface area contributed by atoms with E-state index in [9.17, 15) is 4.79 Å². The molecule has 1 aliphatic carbocycles. The molecule has 0 heterocycles. The van der Waals surface area contributed by atoms with E-state index in [1.807, 2.05) is 0 Å². The molecule has 0 aromatic rings. The molecule has 0 N–H and O–H groups in total. The Kier molecular flexibility index (Phi) is 6.54. The average Bonchev–Trinajstić information content (AvgIpc) is 2.28. The summed E-state index contributed by atoms with van der Waals surface area (Å²) in [6.45, 7) is 8.77. The third-order valence-corrected chi connectivity index (χ3v) is 4.49. The Bertz CT molecular complexity index is 244. The van der Waals surface area contributed by atoms with Gasteiger partial charge in [0.05, 0.1) is 0 Å². The summed E-state index contributed by atoms with van der Waals surface area (Å²) in [6, 6.07) is 0. The molecule has 3 atom stereocenters. The number of aldehydes is 1. The molecule has 1 rings (SSSR count). The van der Waals surface area contributed by atoms with Crippen molar-refractivity contribution in [2.45, 2.75) is 65.2 Å². The highest BCUT2D eigenvalue weighted by Crippen LogP contribution is 2.37. The first kappa shape index (κ1) is 14.5. The summed E-state index contributed by atoms with van der Waals surface area (Å²) in [6.07, 6.45) is 11.1. The van der Waals surface area contributed by atoms with Gasteiger partial charge in [0.2, 0.25) is 0 Å². The number of allylic oxidation sites excluding steroid dienone is 1. The molecule has 0 amide bonds. The number of rotatable bonds is 5. The van der Waals surface area contributed by atoms with Gasteiger partial charge in [0.25, 0.3) is 0 Å². The zero-order chi connectivity index (χ0) is 12.7. The highest BCUT2D eigenvalue weighted by atomic mass is 16.1. The molecule has 0 spiro atoms. The van der Waals surface area contributed by atoms with Crippen LogP contribution in [0.5, 0.6) is 0 Å². The monoisotopic (exact) mass is 236 g/mol. The first-order valence-corrected chi connectivity index (χ1v) is 7.33. The Morgan fingerprint density at radius 1 is 1.29 bits per heavy atom. The van der Waals surface area contributed by atoms with Crippen LogP contribution in [0.15, 0.2) is 12.2 Å². The average molecular weight is 236 g/mol. The molecule has 0 aromatic carbocycles. The third-order valence-electron chi connectivity index (χ3n) is 4.49. The molecule has 1 aliphatic rings. The van der Waals surface area contributed by atoms with Gasteiger partial charge in [0.15, 0.2) is 0 Å². The van der Waals surface area contributed by atoms with Crippen LogP contribution in [0.25, 0.3) is 0 Å². The fourth-order valence-corrected chi connectivity index (χ4v) is 3.20. The standard InChI is InChI=1S/C16H28O/c1-4-15-9-7-5-6-8-10-16(15)14(3)13(2)11-12-17/h12-13,15-16H,3-11H2,1-2H3/t13?,15-,16-/m0/s1. The van der Waals surface area contributed by atoms with E-state index < -0.39 is 0 Å². The van der Waals surface area contributed by atoms with Crippen molar-refractivity contribution in [2.75, 3.05) is 0 Å². The van der Waals surface area contributed by atoms with Gasteiger partial charge in [-0.1, -0.05) is 58.1 Å². The molecule has 0 saturated heterocycles. The molecule has 0 aliphatic heterocycles. The number of carbonyl (C=O) groups is 1. The number of hydrogen-bond donors (Lipinski definition) is 0. The summed E-state index contributed by atoms with van der Waals surface area (Å²) in [5.41, 5.74) is 1.34. The Balaban J connectivity index is 2.66. The molecule has 1 heteroatoms. The Morgan fingerprint density at radius 2 is 1.94 bits per heavy atom. The molecule has 0 bridgehead atoms. The van der Waals surface area contributed by atoms with Crippen molar-refractivity contribution in [2.24, 2.45) is 17.8 Å². The molecule has 0 radical (unpaired) electrons. The lowest BCUT2D eigenvalue weighted by Gasteiger charge is -2.32. The van der Waals surface area contributed by atoms with Crippen LogP contribution in [0.4, 0.5) is 0 Å². The predicted molar refractivity (Wildman–Crippen MR) is 74.0 cm³/mol. The topological polar surface area (TPSA) is 17.1 Å². The van der Waals surface area contributed by atoms with Crippen LogP contribution in [0, 0.1) is 17.8 Å². The van der Waals surface area contributed by atoms with Crippen molar-refractivity contribution in [3.63, 3.8) is 0 Å².